The van der Waals surface area contributed by atoms with E-state index in [4.69, 9.17) is 14.2 Å². The number of fused-ring (bicyclic) bond motifs is 2. The first-order chi connectivity index (χ1) is 18.4. The molecule has 1 aromatic heterocycles. The third-order valence-electron chi connectivity index (χ3n) is 7.94. The lowest BCUT2D eigenvalue weighted by Gasteiger charge is -2.39. The predicted octanol–water partition coefficient (Wildman–Crippen LogP) is 2.61. The molecule has 0 radical (unpaired) electrons. The van der Waals surface area contributed by atoms with Crippen molar-refractivity contribution in [2.24, 2.45) is 5.41 Å². The van der Waals surface area contributed by atoms with Crippen molar-refractivity contribution in [2.75, 3.05) is 44.9 Å². The molecule has 2 saturated heterocycles. The molecule has 0 aliphatic carbocycles. The summed E-state index contributed by atoms with van der Waals surface area (Å²) in [6, 6.07) is 11.0. The average molecular weight is 519 g/mol. The number of likely N-dealkylation sites (tertiary alicyclic amines) is 1. The molecular weight excluding hydrogens is 488 g/mol. The molecule has 6 rings (SSSR count). The predicted molar refractivity (Wildman–Crippen MR) is 140 cm³/mol. The smallest absolute Gasteiger partial charge is 0.269 e. The van der Waals surface area contributed by atoms with Crippen molar-refractivity contribution < 1.29 is 23.8 Å². The average Bonchev–Trinajstić information content (AvgIpc) is 3.27. The highest BCUT2D eigenvalue weighted by Gasteiger charge is 2.46. The molecule has 3 aromatic rings. The molecule has 2 amide bonds. The van der Waals surface area contributed by atoms with Crippen LogP contribution in [0, 0.1) is 5.41 Å². The van der Waals surface area contributed by atoms with Crippen molar-refractivity contribution in [1.82, 2.24) is 14.5 Å². The van der Waals surface area contributed by atoms with Crippen LogP contribution in [0.2, 0.25) is 0 Å². The minimum atomic E-state index is -0.250. The first kappa shape index (κ1) is 24.3. The molecule has 38 heavy (non-hydrogen) atoms. The Bertz CT molecular complexity index is 1460. The Morgan fingerprint density at radius 2 is 1.84 bits per heavy atom. The molecule has 4 heterocycles. The van der Waals surface area contributed by atoms with Crippen LogP contribution in [0.3, 0.4) is 0 Å². The van der Waals surface area contributed by atoms with Crippen LogP contribution in [0.4, 0.5) is 5.69 Å². The van der Waals surface area contributed by atoms with E-state index in [1.807, 2.05) is 28.0 Å². The molecule has 2 fully saturated rings. The van der Waals surface area contributed by atoms with Crippen LogP contribution in [0.1, 0.15) is 25.7 Å². The number of carbonyl (C=O) groups excluding carboxylic acids is 2. The third kappa shape index (κ3) is 4.44. The van der Waals surface area contributed by atoms with E-state index < -0.39 is 0 Å². The van der Waals surface area contributed by atoms with Gasteiger partial charge in [0.25, 0.3) is 5.56 Å². The fourth-order valence-corrected chi connectivity index (χ4v) is 5.76. The van der Waals surface area contributed by atoms with Crippen LogP contribution in [0.15, 0.2) is 47.4 Å². The fraction of sp³-hybridized carbons (Fsp3) is 0.429. The van der Waals surface area contributed by atoms with Gasteiger partial charge in [0, 0.05) is 62.3 Å². The molecule has 3 aliphatic heterocycles. The SMILES string of the molecule is COc1ccc2ncc(=O)n(CCC(=O)N3CCC4(CC3)CC(=O)N(c3ccc5c(c3)OCCO5)C4)c2c1. The maximum Gasteiger partial charge on any atom is 0.269 e. The standard InChI is InChI=1S/C28H30N4O6/c1-36-20-3-4-21-22(15-20)31(27(35)17-29-21)9-6-25(33)30-10-7-28(8-11-30)16-26(34)32(18-28)19-2-5-23-24(14-19)38-13-12-37-23/h2-5,14-15,17H,6-13,16,18H2,1H3. The van der Waals surface area contributed by atoms with E-state index in [-0.39, 0.29) is 35.8 Å². The summed E-state index contributed by atoms with van der Waals surface area (Å²) in [4.78, 5) is 46.5. The van der Waals surface area contributed by atoms with Gasteiger partial charge in [0.2, 0.25) is 11.8 Å². The highest BCUT2D eigenvalue weighted by atomic mass is 16.6. The molecule has 0 N–H and O–H groups in total. The number of anilines is 1. The number of benzene rings is 2. The number of hydrogen-bond donors (Lipinski definition) is 0. The lowest BCUT2D eigenvalue weighted by molar-refractivity contribution is -0.133. The van der Waals surface area contributed by atoms with Crippen molar-refractivity contribution in [3.05, 3.63) is 52.9 Å². The summed E-state index contributed by atoms with van der Waals surface area (Å²) >= 11 is 0. The molecule has 10 nitrogen and oxygen atoms in total. The number of ether oxygens (including phenoxy) is 3. The van der Waals surface area contributed by atoms with E-state index in [9.17, 15) is 14.4 Å². The van der Waals surface area contributed by atoms with Crippen LogP contribution >= 0.6 is 0 Å². The number of amides is 2. The summed E-state index contributed by atoms with van der Waals surface area (Å²) in [6.45, 7) is 3.12. The van der Waals surface area contributed by atoms with Crippen molar-refractivity contribution in [2.45, 2.75) is 32.2 Å². The van der Waals surface area contributed by atoms with Crippen molar-refractivity contribution in [3.63, 3.8) is 0 Å². The number of hydrogen-bond acceptors (Lipinski definition) is 7. The van der Waals surface area contributed by atoms with E-state index >= 15 is 0 Å². The second kappa shape index (κ2) is 9.66. The van der Waals surface area contributed by atoms with Crippen LogP contribution in [0.25, 0.3) is 11.0 Å². The lowest BCUT2D eigenvalue weighted by Crippen LogP contribution is -2.44. The Kier molecular flexibility index (Phi) is 6.17. The van der Waals surface area contributed by atoms with Crippen molar-refractivity contribution in [3.8, 4) is 17.2 Å². The number of carbonyl (C=O) groups is 2. The highest BCUT2D eigenvalue weighted by Crippen LogP contribution is 2.44. The first-order valence-electron chi connectivity index (χ1n) is 13.0. The van der Waals surface area contributed by atoms with Gasteiger partial charge >= 0.3 is 0 Å². The second-order valence-electron chi connectivity index (χ2n) is 10.2. The van der Waals surface area contributed by atoms with Gasteiger partial charge < -0.3 is 28.6 Å². The van der Waals surface area contributed by atoms with Crippen LogP contribution in [0.5, 0.6) is 17.2 Å². The van der Waals surface area contributed by atoms with Gasteiger partial charge in [0.15, 0.2) is 11.5 Å². The Hall–Kier alpha value is -4.08. The van der Waals surface area contributed by atoms with E-state index in [1.54, 1.807) is 29.9 Å². The monoisotopic (exact) mass is 518 g/mol. The van der Waals surface area contributed by atoms with Gasteiger partial charge in [-0.3, -0.25) is 14.4 Å². The first-order valence-corrected chi connectivity index (χ1v) is 13.0. The summed E-state index contributed by atoms with van der Waals surface area (Å²) < 4.78 is 18.2. The zero-order chi connectivity index (χ0) is 26.3. The van der Waals surface area contributed by atoms with E-state index in [2.05, 4.69) is 4.98 Å². The van der Waals surface area contributed by atoms with Gasteiger partial charge in [-0.25, -0.2) is 4.98 Å². The maximum atomic E-state index is 13.1. The van der Waals surface area contributed by atoms with Crippen molar-refractivity contribution in [1.29, 1.82) is 0 Å². The number of aryl methyl sites for hydroxylation is 1. The van der Waals surface area contributed by atoms with E-state index in [1.165, 1.54) is 6.20 Å². The zero-order valence-corrected chi connectivity index (χ0v) is 21.4. The van der Waals surface area contributed by atoms with Crippen LogP contribution in [-0.2, 0) is 16.1 Å². The van der Waals surface area contributed by atoms with Gasteiger partial charge in [-0.1, -0.05) is 0 Å². The summed E-state index contributed by atoms with van der Waals surface area (Å²) in [6.07, 6.45) is 3.51. The number of aromatic nitrogens is 2. The van der Waals surface area contributed by atoms with E-state index in [0.717, 1.165) is 18.5 Å². The molecule has 0 unspecified atom stereocenters. The summed E-state index contributed by atoms with van der Waals surface area (Å²) in [5, 5.41) is 0. The van der Waals surface area contributed by atoms with Gasteiger partial charge in [0.05, 0.1) is 24.3 Å². The molecule has 3 aliphatic rings. The topological polar surface area (TPSA) is 103 Å². The Morgan fingerprint density at radius 3 is 2.63 bits per heavy atom. The van der Waals surface area contributed by atoms with Crippen LogP contribution < -0.4 is 24.7 Å². The number of rotatable bonds is 5. The normalized spacial score (nSPS) is 18.3. The van der Waals surface area contributed by atoms with Crippen LogP contribution in [-0.4, -0.2) is 66.2 Å². The Balaban J connectivity index is 1.09. The summed E-state index contributed by atoms with van der Waals surface area (Å²) in [7, 11) is 1.57. The van der Waals surface area contributed by atoms with Crippen molar-refractivity contribution >= 4 is 28.5 Å². The molecule has 0 bridgehead atoms. The zero-order valence-electron chi connectivity index (χ0n) is 21.4. The van der Waals surface area contributed by atoms with Gasteiger partial charge in [-0.05, 0) is 37.1 Å². The molecule has 0 atom stereocenters. The molecule has 2 aromatic carbocycles. The Labute approximate surface area is 219 Å². The maximum absolute atomic E-state index is 13.1. The highest BCUT2D eigenvalue weighted by molar-refractivity contribution is 5.96. The molecule has 198 valence electrons. The molecular formula is C28H30N4O6. The number of nitrogens with zero attached hydrogens (tertiary/aromatic N) is 4. The lowest BCUT2D eigenvalue weighted by atomic mass is 9.77. The van der Waals surface area contributed by atoms with Gasteiger partial charge in [-0.2, -0.15) is 0 Å². The summed E-state index contributed by atoms with van der Waals surface area (Å²) in [5.74, 6) is 2.10. The molecule has 1 spiro atoms. The largest absolute Gasteiger partial charge is 0.497 e. The Morgan fingerprint density at radius 1 is 1.05 bits per heavy atom. The molecule has 0 saturated carbocycles. The van der Waals surface area contributed by atoms with E-state index in [0.29, 0.717) is 67.6 Å². The molecule has 10 heteroatoms. The van der Waals surface area contributed by atoms with Gasteiger partial charge in [0.1, 0.15) is 19.0 Å². The number of methoxy groups -OCH3 is 1. The fourth-order valence-electron chi connectivity index (χ4n) is 5.76. The minimum Gasteiger partial charge on any atom is -0.497 e. The third-order valence-corrected chi connectivity index (χ3v) is 7.94. The van der Waals surface area contributed by atoms with Gasteiger partial charge in [-0.15, -0.1) is 0 Å². The quantitative estimate of drug-likeness (QED) is 0.512. The number of piperidine rings is 1. The minimum absolute atomic E-state index is 0.00706. The summed E-state index contributed by atoms with van der Waals surface area (Å²) in [5.41, 5.74) is 1.74. The second-order valence-corrected chi connectivity index (χ2v) is 10.2.